The molecule has 1 heterocycles. The van der Waals surface area contributed by atoms with Gasteiger partial charge in [0, 0.05) is 0 Å². The molecule has 0 N–H and O–H groups in total. The average molecular weight is 637 g/mol. The van der Waals surface area contributed by atoms with Gasteiger partial charge in [-0.05, 0) is 41.0 Å². The molecule has 6 rings (SSSR count). The van der Waals surface area contributed by atoms with Gasteiger partial charge >= 0.3 is 0 Å². The number of hydrogen-bond acceptors (Lipinski definition) is 6. The molecule has 248 valence electrons. The van der Waals surface area contributed by atoms with Crippen LogP contribution >= 0.6 is 0 Å². The summed E-state index contributed by atoms with van der Waals surface area (Å²) in [7, 11) is 0. The highest BCUT2D eigenvalue weighted by atomic mass is 16.7. The van der Waals surface area contributed by atoms with Gasteiger partial charge in [-0.1, -0.05) is 141 Å². The fourth-order valence-corrected chi connectivity index (χ4v) is 6.47. The van der Waals surface area contributed by atoms with Crippen molar-refractivity contribution in [3.63, 3.8) is 0 Å². The van der Waals surface area contributed by atoms with Crippen LogP contribution in [0.15, 0.2) is 121 Å². The highest BCUT2D eigenvalue weighted by Gasteiger charge is 2.49. The van der Waals surface area contributed by atoms with E-state index in [2.05, 4.69) is 48.5 Å². The van der Waals surface area contributed by atoms with E-state index in [-0.39, 0.29) is 0 Å². The Hall–Kier alpha value is -3.36. The smallest absolute Gasteiger partial charge is 0.186 e. The van der Waals surface area contributed by atoms with Crippen LogP contribution in [-0.4, -0.2) is 43.9 Å². The van der Waals surface area contributed by atoms with E-state index < -0.39 is 30.7 Å². The average Bonchev–Trinajstić information content (AvgIpc) is 3.14. The molecule has 0 bridgehead atoms. The molecule has 47 heavy (non-hydrogen) atoms. The van der Waals surface area contributed by atoms with Crippen molar-refractivity contribution in [1.29, 1.82) is 0 Å². The maximum atomic E-state index is 6.82. The van der Waals surface area contributed by atoms with Crippen LogP contribution in [0.2, 0.25) is 0 Å². The summed E-state index contributed by atoms with van der Waals surface area (Å²) in [4.78, 5) is 0. The Morgan fingerprint density at radius 1 is 0.447 bits per heavy atom. The highest BCUT2D eigenvalue weighted by Crippen LogP contribution is 2.33. The van der Waals surface area contributed by atoms with Crippen LogP contribution in [0.1, 0.15) is 54.4 Å². The van der Waals surface area contributed by atoms with Crippen molar-refractivity contribution < 1.29 is 28.4 Å². The summed E-state index contributed by atoms with van der Waals surface area (Å²) in [5.74, 6) is 0.519. The molecule has 0 aromatic heterocycles. The summed E-state index contributed by atoms with van der Waals surface area (Å²) in [6.07, 6.45) is 3.64. The Labute approximate surface area is 279 Å². The summed E-state index contributed by atoms with van der Waals surface area (Å²) < 4.78 is 40.1. The normalized spacial score (nSPS) is 23.4. The molecular weight excluding hydrogens is 588 g/mol. The van der Waals surface area contributed by atoms with E-state index in [9.17, 15) is 0 Å². The molecule has 2 aliphatic rings. The van der Waals surface area contributed by atoms with Gasteiger partial charge in [0.25, 0.3) is 0 Å². The van der Waals surface area contributed by atoms with Gasteiger partial charge < -0.3 is 28.4 Å². The standard InChI is InChI=1S/C41H48O6/c1-6-16-32(17-7-1)26-42-31-37-38(43-27-33-18-8-2-9-19-33)39(44-28-34-20-10-3-11-21-34)40(45-29-35-22-12-4-13-23-35)41(47-37)46-30-36-24-14-5-15-25-36/h1-4,6-13,16-23,36-41H,5,14-15,24-31H2/t37-,38-,39+,40-,41+/m1/s1. The molecule has 4 aromatic carbocycles. The highest BCUT2D eigenvalue weighted by molar-refractivity contribution is 5.16. The van der Waals surface area contributed by atoms with Gasteiger partial charge in [-0.2, -0.15) is 0 Å². The minimum atomic E-state index is -0.636. The lowest BCUT2D eigenvalue weighted by molar-refractivity contribution is -0.330. The van der Waals surface area contributed by atoms with Gasteiger partial charge in [-0.3, -0.25) is 0 Å². The van der Waals surface area contributed by atoms with E-state index in [0.717, 1.165) is 22.3 Å². The van der Waals surface area contributed by atoms with Crippen molar-refractivity contribution in [2.75, 3.05) is 13.2 Å². The Morgan fingerprint density at radius 3 is 1.40 bits per heavy atom. The fraction of sp³-hybridized carbons (Fsp3) is 0.415. The van der Waals surface area contributed by atoms with Gasteiger partial charge in [0.15, 0.2) is 6.29 Å². The molecule has 0 unspecified atom stereocenters. The first-order valence-corrected chi connectivity index (χ1v) is 17.2. The molecule has 0 amide bonds. The minimum Gasteiger partial charge on any atom is -0.374 e. The summed E-state index contributed by atoms with van der Waals surface area (Å²) >= 11 is 0. The van der Waals surface area contributed by atoms with Gasteiger partial charge in [0.1, 0.15) is 24.4 Å². The van der Waals surface area contributed by atoms with Crippen LogP contribution in [0.5, 0.6) is 0 Å². The van der Waals surface area contributed by atoms with Crippen LogP contribution < -0.4 is 0 Å². The Balaban J connectivity index is 1.27. The van der Waals surface area contributed by atoms with Crippen LogP contribution in [0, 0.1) is 5.92 Å². The first kappa shape index (κ1) is 33.5. The number of hydrogen-bond donors (Lipinski definition) is 0. The predicted octanol–water partition coefficient (Wildman–Crippen LogP) is 8.28. The maximum absolute atomic E-state index is 6.82. The monoisotopic (exact) mass is 636 g/mol. The first-order chi connectivity index (χ1) is 23.3. The SMILES string of the molecule is c1ccc(COC[C@H]2O[C@H](OCC3CCCCC3)[C@H](OCc3ccccc3)[C@@H](OCc3ccccc3)[C@@H]2OCc2ccccc2)cc1. The first-order valence-electron chi connectivity index (χ1n) is 17.2. The zero-order chi connectivity index (χ0) is 31.9. The quantitative estimate of drug-likeness (QED) is 0.123. The van der Waals surface area contributed by atoms with Crippen LogP contribution in [-0.2, 0) is 54.8 Å². The van der Waals surface area contributed by atoms with E-state index in [1.54, 1.807) is 0 Å². The van der Waals surface area contributed by atoms with Crippen molar-refractivity contribution in [2.24, 2.45) is 5.92 Å². The van der Waals surface area contributed by atoms with E-state index in [1.165, 1.54) is 32.1 Å². The maximum Gasteiger partial charge on any atom is 0.186 e. The topological polar surface area (TPSA) is 55.4 Å². The fourth-order valence-electron chi connectivity index (χ4n) is 6.47. The molecular formula is C41H48O6. The summed E-state index contributed by atoms with van der Waals surface area (Å²) in [6, 6.07) is 40.9. The molecule has 2 fully saturated rings. The third-order valence-electron chi connectivity index (χ3n) is 9.06. The van der Waals surface area contributed by atoms with Crippen molar-refractivity contribution in [2.45, 2.75) is 89.2 Å². The van der Waals surface area contributed by atoms with E-state index >= 15 is 0 Å². The van der Waals surface area contributed by atoms with Crippen molar-refractivity contribution in [1.82, 2.24) is 0 Å². The number of benzene rings is 4. The van der Waals surface area contributed by atoms with E-state index in [0.29, 0.717) is 45.6 Å². The van der Waals surface area contributed by atoms with Crippen molar-refractivity contribution >= 4 is 0 Å². The molecule has 0 spiro atoms. The third kappa shape index (κ3) is 10.3. The Bertz CT molecular complexity index is 1400. The van der Waals surface area contributed by atoms with Crippen LogP contribution in [0.4, 0.5) is 0 Å². The predicted molar refractivity (Wildman–Crippen MR) is 182 cm³/mol. The minimum absolute atomic E-state index is 0.328. The van der Waals surface area contributed by atoms with Crippen LogP contribution in [0.3, 0.4) is 0 Å². The molecule has 1 aliphatic heterocycles. The van der Waals surface area contributed by atoms with Gasteiger partial charge in [0.2, 0.25) is 0 Å². The number of ether oxygens (including phenoxy) is 6. The second-order valence-corrected chi connectivity index (χ2v) is 12.7. The zero-order valence-corrected chi connectivity index (χ0v) is 27.2. The molecule has 1 aliphatic carbocycles. The lowest BCUT2D eigenvalue weighted by Gasteiger charge is -2.46. The van der Waals surface area contributed by atoms with Crippen molar-refractivity contribution in [3.05, 3.63) is 144 Å². The summed E-state index contributed by atoms with van der Waals surface area (Å²) in [5, 5.41) is 0. The molecule has 5 atom stereocenters. The van der Waals surface area contributed by atoms with Crippen LogP contribution in [0.25, 0.3) is 0 Å². The van der Waals surface area contributed by atoms with Crippen molar-refractivity contribution in [3.8, 4) is 0 Å². The van der Waals surface area contributed by atoms with E-state index in [4.69, 9.17) is 28.4 Å². The molecule has 0 radical (unpaired) electrons. The lowest BCUT2D eigenvalue weighted by atomic mass is 9.90. The third-order valence-corrected chi connectivity index (χ3v) is 9.06. The Morgan fingerprint density at radius 2 is 0.894 bits per heavy atom. The second-order valence-electron chi connectivity index (χ2n) is 12.7. The lowest BCUT2D eigenvalue weighted by Crippen LogP contribution is -2.62. The molecule has 6 nitrogen and oxygen atoms in total. The molecule has 1 saturated heterocycles. The molecule has 4 aromatic rings. The zero-order valence-electron chi connectivity index (χ0n) is 27.2. The second kappa shape index (κ2) is 18.3. The Kier molecular flexibility index (Phi) is 13.0. The van der Waals surface area contributed by atoms with Gasteiger partial charge in [-0.15, -0.1) is 0 Å². The molecule has 1 saturated carbocycles. The van der Waals surface area contributed by atoms with E-state index in [1.807, 2.05) is 72.8 Å². The summed E-state index contributed by atoms with van der Waals surface area (Å²) in [5.41, 5.74) is 4.35. The van der Waals surface area contributed by atoms with Gasteiger partial charge in [0.05, 0.1) is 39.6 Å². The number of rotatable bonds is 16. The largest absolute Gasteiger partial charge is 0.374 e. The molecule has 6 heteroatoms. The summed E-state index contributed by atoms with van der Waals surface area (Å²) in [6.45, 7) is 2.67. The van der Waals surface area contributed by atoms with Gasteiger partial charge in [-0.25, -0.2) is 0 Å².